The standard InChI is InChI=1S/C14H10BrF2NO2/c15-11-5-8(1-4-12(11)17)7-20-14(19)10-3-2-9(16)6-13(10)18/h1-6H,7,18H2. The van der Waals surface area contributed by atoms with Crippen molar-refractivity contribution >= 4 is 27.6 Å². The van der Waals surface area contributed by atoms with Crippen LogP contribution in [0.15, 0.2) is 40.9 Å². The average molecular weight is 342 g/mol. The number of carbonyl (C=O) groups is 1. The van der Waals surface area contributed by atoms with Crippen LogP contribution in [0.3, 0.4) is 0 Å². The molecule has 104 valence electrons. The zero-order valence-corrected chi connectivity index (χ0v) is 11.8. The van der Waals surface area contributed by atoms with E-state index in [0.717, 1.165) is 12.1 Å². The number of hydrogen-bond acceptors (Lipinski definition) is 3. The lowest BCUT2D eigenvalue weighted by Crippen LogP contribution is -2.08. The number of esters is 1. The highest BCUT2D eigenvalue weighted by Gasteiger charge is 2.12. The van der Waals surface area contributed by atoms with Crippen LogP contribution in [0.4, 0.5) is 14.5 Å². The molecule has 6 heteroatoms. The maximum Gasteiger partial charge on any atom is 0.340 e. The molecular formula is C14H10BrF2NO2. The molecule has 0 aliphatic heterocycles. The lowest BCUT2D eigenvalue weighted by molar-refractivity contribution is 0.0474. The van der Waals surface area contributed by atoms with Gasteiger partial charge in [-0.1, -0.05) is 6.07 Å². The summed E-state index contributed by atoms with van der Waals surface area (Å²) in [4.78, 5) is 11.8. The summed E-state index contributed by atoms with van der Waals surface area (Å²) < 4.78 is 31.2. The van der Waals surface area contributed by atoms with Crippen LogP contribution in [0.25, 0.3) is 0 Å². The van der Waals surface area contributed by atoms with Gasteiger partial charge in [-0.3, -0.25) is 0 Å². The van der Waals surface area contributed by atoms with E-state index in [9.17, 15) is 13.6 Å². The number of anilines is 1. The molecule has 2 rings (SSSR count). The number of hydrogen-bond donors (Lipinski definition) is 1. The first kappa shape index (κ1) is 14.5. The van der Waals surface area contributed by atoms with Gasteiger partial charge in [0, 0.05) is 5.69 Å². The molecule has 0 radical (unpaired) electrons. The van der Waals surface area contributed by atoms with Crippen molar-refractivity contribution < 1.29 is 18.3 Å². The second-order valence-corrected chi connectivity index (χ2v) is 4.91. The fraction of sp³-hybridized carbons (Fsp3) is 0.0714. The van der Waals surface area contributed by atoms with Crippen LogP contribution in [0, 0.1) is 11.6 Å². The second kappa shape index (κ2) is 6.00. The summed E-state index contributed by atoms with van der Waals surface area (Å²) in [5, 5.41) is 0. The van der Waals surface area contributed by atoms with Gasteiger partial charge in [-0.25, -0.2) is 13.6 Å². The van der Waals surface area contributed by atoms with E-state index in [1.54, 1.807) is 0 Å². The molecule has 20 heavy (non-hydrogen) atoms. The summed E-state index contributed by atoms with van der Waals surface area (Å²) in [6, 6.07) is 7.71. The highest BCUT2D eigenvalue weighted by atomic mass is 79.9. The van der Waals surface area contributed by atoms with Crippen molar-refractivity contribution in [2.75, 3.05) is 5.73 Å². The number of nitrogens with two attached hydrogens (primary N) is 1. The van der Waals surface area contributed by atoms with Gasteiger partial charge in [0.05, 0.1) is 10.0 Å². The number of halogens is 3. The summed E-state index contributed by atoms with van der Waals surface area (Å²) in [5.41, 5.74) is 6.26. The first-order chi connectivity index (χ1) is 9.47. The van der Waals surface area contributed by atoms with Crippen LogP contribution in [-0.4, -0.2) is 5.97 Å². The Morgan fingerprint density at radius 2 is 1.95 bits per heavy atom. The summed E-state index contributed by atoms with van der Waals surface area (Å²) in [5.74, 6) is -1.59. The topological polar surface area (TPSA) is 52.3 Å². The highest BCUT2D eigenvalue weighted by molar-refractivity contribution is 9.10. The number of benzene rings is 2. The fourth-order valence-corrected chi connectivity index (χ4v) is 2.00. The van der Waals surface area contributed by atoms with E-state index < -0.39 is 17.6 Å². The molecule has 0 heterocycles. The van der Waals surface area contributed by atoms with Gasteiger partial charge in [-0.2, -0.15) is 0 Å². The molecule has 0 aliphatic carbocycles. The van der Waals surface area contributed by atoms with Crippen LogP contribution in [0.5, 0.6) is 0 Å². The van der Waals surface area contributed by atoms with Crippen molar-refractivity contribution in [3.63, 3.8) is 0 Å². The number of ether oxygens (including phenoxy) is 1. The van der Waals surface area contributed by atoms with Crippen molar-refractivity contribution in [2.45, 2.75) is 6.61 Å². The van der Waals surface area contributed by atoms with E-state index in [1.165, 1.54) is 24.3 Å². The summed E-state index contributed by atoms with van der Waals surface area (Å²) in [6.45, 7) is -0.0332. The molecule has 0 fully saturated rings. The molecular weight excluding hydrogens is 332 g/mol. The predicted molar refractivity (Wildman–Crippen MR) is 74.0 cm³/mol. The minimum absolute atomic E-state index is 0.00952. The Morgan fingerprint density at radius 3 is 2.60 bits per heavy atom. The predicted octanol–water partition coefficient (Wildman–Crippen LogP) is 3.67. The monoisotopic (exact) mass is 341 g/mol. The van der Waals surface area contributed by atoms with Crippen molar-refractivity contribution in [2.24, 2.45) is 0 Å². The van der Waals surface area contributed by atoms with E-state index in [-0.39, 0.29) is 22.3 Å². The largest absolute Gasteiger partial charge is 0.457 e. The van der Waals surface area contributed by atoms with E-state index in [1.807, 2.05) is 0 Å². The normalized spacial score (nSPS) is 10.3. The zero-order chi connectivity index (χ0) is 14.7. The molecule has 0 spiro atoms. The molecule has 0 aliphatic rings. The Kier molecular flexibility index (Phi) is 4.34. The van der Waals surface area contributed by atoms with Crippen molar-refractivity contribution in [1.29, 1.82) is 0 Å². The van der Waals surface area contributed by atoms with Crippen LogP contribution >= 0.6 is 15.9 Å². The van der Waals surface area contributed by atoms with Crippen LogP contribution in [-0.2, 0) is 11.3 Å². The molecule has 0 atom stereocenters. The van der Waals surface area contributed by atoms with Crippen molar-refractivity contribution in [1.82, 2.24) is 0 Å². The van der Waals surface area contributed by atoms with E-state index in [4.69, 9.17) is 10.5 Å². The molecule has 0 amide bonds. The quantitative estimate of drug-likeness (QED) is 0.684. The third kappa shape index (κ3) is 3.33. The molecule has 0 saturated heterocycles. The third-order valence-corrected chi connectivity index (χ3v) is 3.20. The molecule has 0 aromatic heterocycles. The Hall–Kier alpha value is -1.95. The van der Waals surface area contributed by atoms with Crippen LogP contribution in [0.2, 0.25) is 0 Å². The molecule has 0 bridgehead atoms. The first-order valence-corrected chi connectivity index (χ1v) is 6.43. The number of rotatable bonds is 3. The van der Waals surface area contributed by atoms with E-state index in [0.29, 0.717) is 5.56 Å². The minimum Gasteiger partial charge on any atom is -0.457 e. The van der Waals surface area contributed by atoms with Gasteiger partial charge < -0.3 is 10.5 Å². The summed E-state index contributed by atoms with van der Waals surface area (Å²) in [6.07, 6.45) is 0. The van der Waals surface area contributed by atoms with Gasteiger partial charge in [-0.15, -0.1) is 0 Å². The van der Waals surface area contributed by atoms with E-state index >= 15 is 0 Å². The van der Waals surface area contributed by atoms with E-state index in [2.05, 4.69) is 15.9 Å². The van der Waals surface area contributed by atoms with Gasteiger partial charge in [-0.05, 0) is 51.8 Å². The molecule has 3 nitrogen and oxygen atoms in total. The van der Waals surface area contributed by atoms with Gasteiger partial charge in [0.15, 0.2) is 0 Å². The SMILES string of the molecule is Nc1cc(F)ccc1C(=O)OCc1ccc(F)c(Br)c1. The molecule has 2 aromatic carbocycles. The summed E-state index contributed by atoms with van der Waals surface area (Å²) >= 11 is 3.04. The minimum atomic E-state index is -0.664. The average Bonchev–Trinajstić information content (AvgIpc) is 2.40. The lowest BCUT2D eigenvalue weighted by atomic mass is 10.2. The van der Waals surface area contributed by atoms with Crippen LogP contribution < -0.4 is 5.73 Å². The molecule has 0 saturated carbocycles. The number of carbonyl (C=O) groups excluding carboxylic acids is 1. The second-order valence-electron chi connectivity index (χ2n) is 4.06. The third-order valence-electron chi connectivity index (χ3n) is 2.59. The highest BCUT2D eigenvalue weighted by Crippen LogP contribution is 2.19. The lowest BCUT2D eigenvalue weighted by Gasteiger charge is -2.07. The Morgan fingerprint density at radius 1 is 1.20 bits per heavy atom. The Bertz CT molecular complexity index is 662. The van der Waals surface area contributed by atoms with Crippen LogP contribution in [0.1, 0.15) is 15.9 Å². The van der Waals surface area contributed by atoms with Crippen molar-refractivity contribution in [3.05, 3.63) is 63.6 Å². The molecule has 2 N–H and O–H groups in total. The molecule has 2 aromatic rings. The summed E-state index contributed by atoms with van der Waals surface area (Å²) in [7, 11) is 0. The smallest absolute Gasteiger partial charge is 0.340 e. The maximum absolute atomic E-state index is 13.0. The Labute approximate surface area is 122 Å². The molecule has 0 unspecified atom stereocenters. The van der Waals surface area contributed by atoms with Gasteiger partial charge in [0.2, 0.25) is 0 Å². The van der Waals surface area contributed by atoms with Gasteiger partial charge in [0.25, 0.3) is 0 Å². The fourth-order valence-electron chi connectivity index (χ4n) is 1.58. The number of nitrogen functional groups attached to an aromatic ring is 1. The zero-order valence-electron chi connectivity index (χ0n) is 10.2. The first-order valence-electron chi connectivity index (χ1n) is 5.63. The van der Waals surface area contributed by atoms with Gasteiger partial charge >= 0.3 is 5.97 Å². The maximum atomic E-state index is 13.0. The Balaban J connectivity index is 2.06. The van der Waals surface area contributed by atoms with Gasteiger partial charge in [0.1, 0.15) is 18.2 Å². The van der Waals surface area contributed by atoms with Crippen molar-refractivity contribution in [3.8, 4) is 0 Å².